The van der Waals surface area contributed by atoms with Gasteiger partial charge in [-0.3, -0.25) is 4.79 Å². The lowest BCUT2D eigenvalue weighted by Crippen LogP contribution is -2.34. The maximum atomic E-state index is 12.1. The molecule has 1 aliphatic rings. The number of urea groups is 1. The van der Waals surface area contributed by atoms with Crippen LogP contribution in [0.25, 0.3) is 0 Å². The molecule has 0 aromatic heterocycles. The fraction of sp³-hybridized carbons (Fsp3) is 0.474. The minimum atomic E-state index is -0.0951. The summed E-state index contributed by atoms with van der Waals surface area (Å²) in [7, 11) is 0. The van der Waals surface area contributed by atoms with E-state index in [1.165, 1.54) is 0 Å². The molecule has 1 aromatic rings. The molecule has 0 aliphatic heterocycles. The first-order valence-electron chi connectivity index (χ1n) is 8.71. The van der Waals surface area contributed by atoms with Crippen molar-refractivity contribution in [1.29, 1.82) is 0 Å². The lowest BCUT2D eigenvalue weighted by Gasteiger charge is -2.20. The van der Waals surface area contributed by atoms with E-state index in [0.29, 0.717) is 13.1 Å². The zero-order valence-corrected chi connectivity index (χ0v) is 14.8. The Morgan fingerprint density at radius 3 is 2.38 bits per heavy atom. The molecule has 0 bridgehead atoms. The van der Waals surface area contributed by atoms with E-state index in [-0.39, 0.29) is 18.0 Å². The molecule has 3 amide bonds. The molecular weight excluding hydrogens is 302 g/mol. The highest BCUT2D eigenvalue weighted by atomic mass is 16.2. The second kappa shape index (κ2) is 8.52. The van der Waals surface area contributed by atoms with Crippen LogP contribution < -0.4 is 10.6 Å². The Morgan fingerprint density at radius 1 is 1.17 bits per heavy atom. The molecule has 0 radical (unpaired) electrons. The van der Waals surface area contributed by atoms with Crippen LogP contribution in [0, 0.1) is 0 Å². The van der Waals surface area contributed by atoms with Gasteiger partial charge in [0, 0.05) is 24.4 Å². The van der Waals surface area contributed by atoms with E-state index in [4.69, 9.17) is 0 Å². The summed E-state index contributed by atoms with van der Waals surface area (Å²) in [6.45, 7) is 7.24. The van der Waals surface area contributed by atoms with Crippen LogP contribution >= 0.6 is 0 Å². The summed E-state index contributed by atoms with van der Waals surface area (Å²) >= 11 is 0. The summed E-state index contributed by atoms with van der Waals surface area (Å²) < 4.78 is 0. The van der Waals surface area contributed by atoms with E-state index >= 15 is 0 Å². The second-order valence-electron chi connectivity index (χ2n) is 6.04. The number of rotatable bonds is 6. The molecule has 5 heteroatoms. The monoisotopic (exact) mass is 329 g/mol. The first-order chi connectivity index (χ1) is 11.5. The first kappa shape index (κ1) is 18.0. The standard InChI is InChI=1S/C19H27N3O2/c1-4-22(5-2)19(24)21-17-12-10-15(11-13-17)14(3)20-18(23)16-8-6-7-9-16/h8,10-14H,4-7,9H2,1-3H3,(H,20,23)(H,21,24)/t14-/m1/s1. The predicted molar refractivity (Wildman–Crippen MR) is 96.9 cm³/mol. The Balaban J connectivity index is 1.93. The molecule has 24 heavy (non-hydrogen) atoms. The van der Waals surface area contributed by atoms with Crippen LogP contribution in [0.5, 0.6) is 0 Å². The van der Waals surface area contributed by atoms with Crippen LogP contribution in [0.2, 0.25) is 0 Å². The minimum Gasteiger partial charge on any atom is -0.346 e. The highest BCUT2D eigenvalue weighted by Crippen LogP contribution is 2.20. The maximum Gasteiger partial charge on any atom is 0.321 e. The van der Waals surface area contributed by atoms with Crippen LogP contribution in [0.1, 0.15) is 51.6 Å². The third-order valence-corrected chi connectivity index (χ3v) is 4.39. The molecular formula is C19H27N3O2. The third kappa shape index (κ3) is 4.60. The van der Waals surface area contributed by atoms with Crippen LogP contribution in [0.15, 0.2) is 35.9 Å². The van der Waals surface area contributed by atoms with E-state index < -0.39 is 0 Å². The molecule has 2 N–H and O–H groups in total. The van der Waals surface area contributed by atoms with Gasteiger partial charge in [0.1, 0.15) is 0 Å². The number of allylic oxidation sites excluding steroid dienone is 1. The fourth-order valence-electron chi connectivity index (χ4n) is 2.82. The van der Waals surface area contributed by atoms with Gasteiger partial charge in [0.05, 0.1) is 6.04 Å². The van der Waals surface area contributed by atoms with Gasteiger partial charge in [-0.15, -0.1) is 0 Å². The number of benzene rings is 1. The second-order valence-corrected chi connectivity index (χ2v) is 6.04. The number of anilines is 1. The van der Waals surface area contributed by atoms with Gasteiger partial charge in [0.25, 0.3) is 0 Å². The highest BCUT2D eigenvalue weighted by molar-refractivity contribution is 5.94. The van der Waals surface area contributed by atoms with E-state index in [2.05, 4.69) is 10.6 Å². The molecule has 0 unspecified atom stereocenters. The molecule has 0 saturated carbocycles. The summed E-state index contributed by atoms with van der Waals surface area (Å²) in [6, 6.07) is 7.45. The van der Waals surface area contributed by atoms with Crippen LogP contribution in [0.4, 0.5) is 10.5 Å². The number of amides is 3. The van der Waals surface area contributed by atoms with Crippen molar-refractivity contribution >= 4 is 17.6 Å². The Labute approximate surface area is 144 Å². The predicted octanol–water partition coefficient (Wildman–Crippen LogP) is 3.85. The van der Waals surface area contributed by atoms with Crippen molar-refractivity contribution in [1.82, 2.24) is 10.2 Å². The van der Waals surface area contributed by atoms with Crippen molar-refractivity contribution in [2.24, 2.45) is 0 Å². The minimum absolute atomic E-state index is 0.0268. The largest absolute Gasteiger partial charge is 0.346 e. The summed E-state index contributed by atoms with van der Waals surface area (Å²) in [4.78, 5) is 25.9. The maximum absolute atomic E-state index is 12.1. The average Bonchev–Trinajstić information content (AvgIpc) is 3.11. The van der Waals surface area contributed by atoms with Crippen LogP contribution in [-0.4, -0.2) is 29.9 Å². The van der Waals surface area contributed by atoms with E-state index in [9.17, 15) is 9.59 Å². The Bertz CT molecular complexity index is 604. The van der Waals surface area contributed by atoms with Crippen molar-refractivity contribution in [2.75, 3.05) is 18.4 Å². The number of hydrogen-bond donors (Lipinski definition) is 2. The van der Waals surface area contributed by atoms with Gasteiger partial charge in [0.15, 0.2) is 0 Å². The van der Waals surface area contributed by atoms with E-state index in [0.717, 1.165) is 36.1 Å². The van der Waals surface area contributed by atoms with Gasteiger partial charge < -0.3 is 15.5 Å². The van der Waals surface area contributed by atoms with Gasteiger partial charge in [-0.1, -0.05) is 18.2 Å². The summed E-state index contributed by atoms with van der Waals surface area (Å²) in [5.41, 5.74) is 2.67. The Morgan fingerprint density at radius 2 is 1.83 bits per heavy atom. The molecule has 2 rings (SSSR count). The quantitative estimate of drug-likeness (QED) is 0.833. The zero-order valence-electron chi connectivity index (χ0n) is 14.8. The SMILES string of the molecule is CCN(CC)C(=O)Nc1ccc([C@@H](C)NC(=O)C2=CCCC2)cc1. The summed E-state index contributed by atoms with van der Waals surface area (Å²) in [5, 5.41) is 5.92. The van der Waals surface area contributed by atoms with Crippen molar-refractivity contribution in [2.45, 2.75) is 46.1 Å². The average molecular weight is 329 g/mol. The Hall–Kier alpha value is -2.30. The van der Waals surface area contributed by atoms with Crippen LogP contribution in [-0.2, 0) is 4.79 Å². The number of nitrogens with zero attached hydrogens (tertiary/aromatic N) is 1. The highest BCUT2D eigenvalue weighted by Gasteiger charge is 2.16. The molecule has 0 spiro atoms. The molecule has 1 atom stereocenters. The first-order valence-corrected chi connectivity index (χ1v) is 8.71. The zero-order chi connectivity index (χ0) is 17.5. The summed E-state index contributed by atoms with van der Waals surface area (Å²) in [6.07, 6.45) is 4.96. The smallest absolute Gasteiger partial charge is 0.321 e. The van der Waals surface area contributed by atoms with E-state index in [1.54, 1.807) is 4.90 Å². The van der Waals surface area contributed by atoms with Gasteiger partial charge in [-0.25, -0.2) is 4.79 Å². The molecule has 5 nitrogen and oxygen atoms in total. The fourth-order valence-corrected chi connectivity index (χ4v) is 2.82. The topological polar surface area (TPSA) is 61.4 Å². The normalized spacial score (nSPS) is 14.7. The van der Waals surface area contributed by atoms with Crippen molar-refractivity contribution in [3.63, 3.8) is 0 Å². The van der Waals surface area contributed by atoms with Crippen molar-refractivity contribution in [3.8, 4) is 0 Å². The van der Waals surface area contributed by atoms with Crippen LogP contribution in [0.3, 0.4) is 0 Å². The molecule has 0 heterocycles. The molecule has 1 aliphatic carbocycles. The van der Waals surface area contributed by atoms with Crippen molar-refractivity contribution < 1.29 is 9.59 Å². The molecule has 0 saturated heterocycles. The van der Waals surface area contributed by atoms with E-state index in [1.807, 2.05) is 51.1 Å². The number of carbonyl (C=O) groups excluding carboxylic acids is 2. The van der Waals surface area contributed by atoms with Gasteiger partial charge in [0.2, 0.25) is 5.91 Å². The lowest BCUT2D eigenvalue weighted by atomic mass is 10.1. The molecule has 130 valence electrons. The summed E-state index contributed by atoms with van der Waals surface area (Å²) in [5.74, 6) is 0.0268. The number of carbonyl (C=O) groups is 2. The van der Waals surface area contributed by atoms with Gasteiger partial charge >= 0.3 is 6.03 Å². The Kier molecular flexibility index (Phi) is 6.41. The van der Waals surface area contributed by atoms with Crippen molar-refractivity contribution in [3.05, 3.63) is 41.5 Å². The number of hydrogen-bond acceptors (Lipinski definition) is 2. The van der Waals surface area contributed by atoms with Gasteiger partial charge in [-0.05, 0) is 57.7 Å². The third-order valence-electron chi connectivity index (χ3n) is 4.39. The number of nitrogens with one attached hydrogen (secondary N) is 2. The lowest BCUT2D eigenvalue weighted by molar-refractivity contribution is -0.118. The van der Waals surface area contributed by atoms with Gasteiger partial charge in [-0.2, -0.15) is 0 Å². The molecule has 1 aromatic carbocycles. The molecule has 0 fully saturated rings.